The van der Waals surface area contributed by atoms with Crippen molar-refractivity contribution in [3.8, 4) is 17.2 Å². The Bertz CT molecular complexity index is 649. The highest BCUT2D eigenvalue weighted by Crippen LogP contribution is 2.38. The molecule has 0 radical (unpaired) electrons. The number of ether oxygens (including phenoxy) is 3. The second-order valence-electron chi connectivity index (χ2n) is 6.31. The first-order chi connectivity index (χ1) is 13.4. The number of aliphatic hydroxyl groups is 3. The maximum Gasteiger partial charge on any atom is 0.251 e. The average molecular weight is 401 g/mol. The van der Waals surface area contributed by atoms with Crippen molar-refractivity contribution in [2.24, 2.45) is 0 Å². The number of hydrogen-bond donors (Lipinski definition) is 6. The molecule has 28 heavy (non-hydrogen) atoms. The first-order valence-corrected chi connectivity index (χ1v) is 8.66. The van der Waals surface area contributed by atoms with Crippen molar-refractivity contribution in [1.82, 2.24) is 15.7 Å². The van der Waals surface area contributed by atoms with Crippen molar-refractivity contribution in [2.45, 2.75) is 37.6 Å². The summed E-state index contributed by atoms with van der Waals surface area (Å²) in [4.78, 5) is 13.9. The second kappa shape index (κ2) is 9.87. The van der Waals surface area contributed by atoms with Gasteiger partial charge in [-0.05, 0) is 25.0 Å². The zero-order chi connectivity index (χ0) is 20.8. The van der Waals surface area contributed by atoms with E-state index in [0.29, 0.717) is 23.7 Å². The van der Waals surface area contributed by atoms with Crippen molar-refractivity contribution in [1.29, 1.82) is 0 Å². The van der Waals surface area contributed by atoms with Gasteiger partial charge in [0.1, 0.15) is 18.7 Å². The van der Waals surface area contributed by atoms with Crippen LogP contribution < -0.4 is 25.0 Å². The third-order valence-corrected chi connectivity index (χ3v) is 4.59. The summed E-state index contributed by atoms with van der Waals surface area (Å²) in [6, 6.07) is 2.26. The summed E-state index contributed by atoms with van der Waals surface area (Å²) in [7, 11) is 4.32. The normalized spacial score (nSPS) is 23.8. The number of aliphatic hydroxyl groups excluding tert-OH is 3. The van der Waals surface area contributed by atoms with Crippen LogP contribution in [0.2, 0.25) is 0 Å². The lowest BCUT2D eigenvalue weighted by atomic mass is 10.0. The van der Waals surface area contributed by atoms with E-state index in [9.17, 15) is 20.1 Å². The number of piperidine rings is 1. The molecule has 1 fully saturated rings. The number of rotatable bonds is 8. The summed E-state index contributed by atoms with van der Waals surface area (Å²) in [5, 5.41) is 41.5. The second-order valence-corrected chi connectivity index (χ2v) is 6.31. The molecule has 1 aliphatic rings. The Labute approximate surface area is 162 Å². The molecule has 0 saturated carbocycles. The van der Waals surface area contributed by atoms with E-state index in [1.165, 1.54) is 38.4 Å². The maximum atomic E-state index is 12.7. The van der Waals surface area contributed by atoms with Gasteiger partial charge in [-0.1, -0.05) is 0 Å². The SMILES string of the molecule is COc1cc(C(=O)N[C@H]2CC[C@H](O)N(C[C@H](O)NO)[C@H]2O)cc(OC)c1OC. The van der Waals surface area contributed by atoms with E-state index in [1.54, 1.807) is 5.48 Å². The highest BCUT2D eigenvalue weighted by molar-refractivity contribution is 5.95. The lowest BCUT2D eigenvalue weighted by Crippen LogP contribution is -2.61. The van der Waals surface area contributed by atoms with Gasteiger partial charge in [0.25, 0.3) is 5.91 Å². The van der Waals surface area contributed by atoms with E-state index in [-0.39, 0.29) is 18.5 Å². The predicted octanol–water partition coefficient (Wildman–Crippen LogP) is -1.16. The molecule has 1 amide bonds. The largest absolute Gasteiger partial charge is 0.493 e. The number of nitrogens with zero attached hydrogens (tertiary/aromatic N) is 1. The number of benzene rings is 1. The molecule has 4 atom stereocenters. The molecule has 1 aromatic rings. The zero-order valence-corrected chi connectivity index (χ0v) is 16.0. The monoisotopic (exact) mass is 401 g/mol. The first-order valence-electron chi connectivity index (χ1n) is 8.66. The van der Waals surface area contributed by atoms with Crippen LogP contribution >= 0.6 is 0 Å². The molecule has 1 saturated heterocycles. The summed E-state index contributed by atoms with van der Waals surface area (Å²) < 4.78 is 15.7. The van der Waals surface area contributed by atoms with Crippen LogP contribution in [0, 0.1) is 0 Å². The standard InChI is InChI=1S/C17H27N3O8/c1-26-11-6-9(7-12(27-2)15(11)28-3)16(23)18-10-4-5-14(22)20(17(10)24)8-13(21)19-25/h6-7,10,13-14,17,19,21-22,24-25H,4-5,8H2,1-3H3,(H,18,23)/t10-,13-,14-,17-/m0/s1. The zero-order valence-electron chi connectivity index (χ0n) is 16.0. The van der Waals surface area contributed by atoms with Gasteiger partial charge < -0.3 is 40.1 Å². The van der Waals surface area contributed by atoms with Crippen LogP contribution in [0.25, 0.3) is 0 Å². The summed E-state index contributed by atoms with van der Waals surface area (Å²) in [6.07, 6.45) is -3.08. The topological polar surface area (TPSA) is 153 Å². The van der Waals surface area contributed by atoms with Gasteiger partial charge in [0.05, 0.1) is 27.4 Å². The number of nitrogens with one attached hydrogen (secondary N) is 2. The van der Waals surface area contributed by atoms with Gasteiger partial charge >= 0.3 is 0 Å². The Kier molecular flexibility index (Phi) is 7.80. The van der Waals surface area contributed by atoms with Crippen LogP contribution in [0.3, 0.4) is 0 Å². The molecule has 0 bridgehead atoms. The van der Waals surface area contributed by atoms with E-state index in [0.717, 1.165) is 0 Å². The fraction of sp³-hybridized carbons (Fsp3) is 0.588. The van der Waals surface area contributed by atoms with Gasteiger partial charge in [-0.25, -0.2) is 4.90 Å². The number of carbonyl (C=O) groups excluding carboxylic acids is 1. The molecule has 1 aromatic carbocycles. The molecule has 11 heteroatoms. The molecule has 0 unspecified atom stereocenters. The number of hydrogen-bond acceptors (Lipinski definition) is 10. The van der Waals surface area contributed by atoms with Gasteiger partial charge in [-0.15, -0.1) is 0 Å². The number of β-amino-alcohol motifs (C(OH)–C–C–N with tert-alkyl or cyclic N) is 1. The third-order valence-electron chi connectivity index (χ3n) is 4.59. The minimum absolute atomic E-state index is 0.233. The molecule has 0 spiro atoms. The molecular weight excluding hydrogens is 374 g/mol. The molecule has 11 nitrogen and oxygen atoms in total. The summed E-state index contributed by atoms with van der Waals surface area (Å²) >= 11 is 0. The highest BCUT2D eigenvalue weighted by atomic mass is 16.5. The van der Waals surface area contributed by atoms with Crippen LogP contribution in [0.15, 0.2) is 12.1 Å². The highest BCUT2D eigenvalue weighted by Gasteiger charge is 2.37. The summed E-state index contributed by atoms with van der Waals surface area (Å²) in [5.74, 6) is 0.482. The minimum atomic E-state index is -1.37. The number of methoxy groups -OCH3 is 3. The molecule has 0 aliphatic carbocycles. The molecule has 1 aliphatic heterocycles. The van der Waals surface area contributed by atoms with Gasteiger partial charge in [-0.3, -0.25) is 4.79 Å². The Balaban J connectivity index is 2.17. The molecule has 1 heterocycles. The van der Waals surface area contributed by atoms with Crippen molar-refractivity contribution in [3.05, 3.63) is 17.7 Å². The third kappa shape index (κ3) is 4.82. The quantitative estimate of drug-likeness (QED) is 0.232. The molecular formula is C17H27N3O8. The van der Waals surface area contributed by atoms with Crippen molar-refractivity contribution >= 4 is 5.91 Å². The lowest BCUT2D eigenvalue weighted by molar-refractivity contribution is -0.164. The Morgan fingerprint density at radius 3 is 2.29 bits per heavy atom. The van der Waals surface area contributed by atoms with Crippen molar-refractivity contribution in [3.63, 3.8) is 0 Å². The lowest BCUT2D eigenvalue weighted by Gasteiger charge is -2.42. The number of likely N-dealkylation sites (tertiary alicyclic amines) is 1. The number of carbonyl (C=O) groups is 1. The van der Waals surface area contributed by atoms with E-state index in [4.69, 9.17) is 19.4 Å². The molecule has 158 valence electrons. The van der Waals surface area contributed by atoms with Gasteiger partial charge in [0.2, 0.25) is 5.75 Å². The van der Waals surface area contributed by atoms with E-state index in [1.807, 2.05) is 0 Å². The molecule has 0 aromatic heterocycles. The van der Waals surface area contributed by atoms with Crippen LogP contribution in [-0.4, -0.2) is 83.9 Å². The summed E-state index contributed by atoms with van der Waals surface area (Å²) in [5.41, 5.74) is 1.87. The number of amides is 1. The van der Waals surface area contributed by atoms with E-state index >= 15 is 0 Å². The minimum Gasteiger partial charge on any atom is -0.493 e. The van der Waals surface area contributed by atoms with Crippen LogP contribution in [-0.2, 0) is 0 Å². The fourth-order valence-corrected chi connectivity index (χ4v) is 3.13. The van der Waals surface area contributed by atoms with Gasteiger partial charge in [-0.2, -0.15) is 5.48 Å². The number of hydroxylamine groups is 1. The van der Waals surface area contributed by atoms with Crippen LogP contribution in [0.4, 0.5) is 0 Å². The van der Waals surface area contributed by atoms with Crippen LogP contribution in [0.5, 0.6) is 17.2 Å². The summed E-state index contributed by atoms with van der Waals surface area (Å²) in [6.45, 7) is -0.241. The predicted molar refractivity (Wildman–Crippen MR) is 96.2 cm³/mol. The average Bonchev–Trinajstić information content (AvgIpc) is 2.71. The Morgan fingerprint density at radius 2 is 1.79 bits per heavy atom. The van der Waals surface area contributed by atoms with Gasteiger partial charge in [0.15, 0.2) is 11.5 Å². The van der Waals surface area contributed by atoms with Crippen molar-refractivity contribution < 1.29 is 39.5 Å². The van der Waals surface area contributed by atoms with Crippen molar-refractivity contribution in [2.75, 3.05) is 27.9 Å². The van der Waals surface area contributed by atoms with E-state index in [2.05, 4.69) is 5.32 Å². The fourth-order valence-electron chi connectivity index (χ4n) is 3.13. The first kappa shape index (κ1) is 22.1. The van der Waals surface area contributed by atoms with Crippen LogP contribution in [0.1, 0.15) is 23.2 Å². The Morgan fingerprint density at radius 1 is 1.18 bits per heavy atom. The smallest absolute Gasteiger partial charge is 0.251 e. The van der Waals surface area contributed by atoms with E-state index < -0.39 is 30.6 Å². The molecule has 6 N–H and O–H groups in total. The molecule has 2 rings (SSSR count). The Hall–Kier alpha value is -2.15. The maximum absolute atomic E-state index is 12.7. The van der Waals surface area contributed by atoms with Gasteiger partial charge in [0, 0.05) is 12.1 Å².